The van der Waals surface area contributed by atoms with Gasteiger partial charge in [-0.3, -0.25) is 0 Å². The molecule has 0 unspecified atom stereocenters. The molecular weight excluding hydrogens is 242 g/mol. The zero-order valence-corrected chi connectivity index (χ0v) is 10.7. The van der Waals surface area contributed by atoms with Crippen molar-refractivity contribution in [2.45, 2.75) is 13.0 Å². The summed E-state index contributed by atoms with van der Waals surface area (Å²) in [6, 6.07) is 0.521. The standard InChI is InChI=1S/C10H17N3O3S/c1-11-7-9-8-16-10(12-9)13-3-2-5-17(14,15)6-4-13/h8,11H,2-7H2,1H3. The van der Waals surface area contributed by atoms with Gasteiger partial charge in [-0.15, -0.1) is 0 Å². The van der Waals surface area contributed by atoms with Crippen molar-refractivity contribution in [1.29, 1.82) is 0 Å². The van der Waals surface area contributed by atoms with Crippen LogP contribution in [0.25, 0.3) is 0 Å². The molecule has 96 valence electrons. The highest BCUT2D eigenvalue weighted by molar-refractivity contribution is 7.91. The minimum atomic E-state index is -2.89. The third kappa shape index (κ3) is 3.19. The van der Waals surface area contributed by atoms with E-state index in [1.165, 1.54) is 0 Å². The predicted molar refractivity (Wildman–Crippen MR) is 64.8 cm³/mol. The first-order valence-corrected chi connectivity index (χ1v) is 7.47. The maximum atomic E-state index is 11.5. The highest BCUT2D eigenvalue weighted by Crippen LogP contribution is 2.16. The van der Waals surface area contributed by atoms with E-state index in [1.807, 2.05) is 11.9 Å². The van der Waals surface area contributed by atoms with Crippen LogP contribution in [0.2, 0.25) is 0 Å². The summed E-state index contributed by atoms with van der Waals surface area (Å²) in [6.07, 6.45) is 2.23. The van der Waals surface area contributed by atoms with Gasteiger partial charge in [0.25, 0.3) is 6.01 Å². The van der Waals surface area contributed by atoms with Crippen molar-refractivity contribution in [3.8, 4) is 0 Å². The van der Waals surface area contributed by atoms with Crippen molar-refractivity contribution >= 4 is 15.9 Å². The minimum absolute atomic E-state index is 0.177. The molecule has 1 aromatic rings. The summed E-state index contributed by atoms with van der Waals surface area (Å²) in [5, 5.41) is 2.99. The van der Waals surface area contributed by atoms with Crippen LogP contribution in [-0.2, 0) is 16.4 Å². The number of anilines is 1. The van der Waals surface area contributed by atoms with Gasteiger partial charge in [0.2, 0.25) is 0 Å². The average Bonchev–Trinajstić information content (AvgIpc) is 2.64. The molecule has 17 heavy (non-hydrogen) atoms. The first-order valence-electron chi connectivity index (χ1n) is 5.65. The van der Waals surface area contributed by atoms with Crippen LogP contribution < -0.4 is 10.2 Å². The molecule has 0 aliphatic carbocycles. The second kappa shape index (κ2) is 5.05. The lowest BCUT2D eigenvalue weighted by atomic mass is 10.4. The van der Waals surface area contributed by atoms with Gasteiger partial charge in [-0.05, 0) is 13.5 Å². The van der Waals surface area contributed by atoms with Gasteiger partial charge in [-0.25, -0.2) is 8.42 Å². The van der Waals surface area contributed by atoms with E-state index in [2.05, 4.69) is 10.3 Å². The van der Waals surface area contributed by atoms with Crippen molar-refractivity contribution in [2.24, 2.45) is 0 Å². The molecule has 2 heterocycles. The molecular formula is C10H17N3O3S. The summed E-state index contributed by atoms with van der Waals surface area (Å²) in [4.78, 5) is 6.21. The molecule has 0 bridgehead atoms. The average molecular weight is 259 g/mol. The molecule has 2 rings (SSSR count). The van der Waals surface area contributed by atoms with Crippen LogP contribution in [0.1, 0.15) is 12.1 Å². The fraction of sp³-hybridized carbons (Fsp3) is 0.700. The SMILES string of the molecule is CNCc1coc(N2CCCS(=O)(=O)CC2)n1. The zero-order valence-electron chi connectivity index (χ0n) is 9.85. The highest BCUT2D eigenvalue weighted by Gasteiger charge is 2.21. The highest BCUT2D eigenvalue weighted by atomic mass is 32.2. The molecule has 0 aromatic carbocycles. The van der Waals surface area contributed by atoms with E-state index in [-0.39, 0.29) is 11.5 Å². The van der Waals surface area contributed by atoms with Gasteiger partial charge in [0.15, 0.2) is 9.84 Å². The zero-order chi connectivity index (χ0) is 12.3. The number of rotatable bonds is 3. The normalized spacial score (nSPS) is 20.2. The monoisotopic (exact) mass is 259 g/mol. The summed E-state index contributed by atoms with van der Waals surface area (Å²) in [5.74, 6) is 0.435. The van der Waals surface area contributed by atoms with Crippen LogP contribution in [-0.4, -0.2) is 45.0 Å². The molecule has 1 saturated heterocycles. The first kappa shape index (κ1) is 12.4. The van der Waals surface area contributed by atoms with Crippen LogP contribution in [0.4, 0.5) is 6.01 Å². The maximum absolute atomic E-state index is 11.5. The number of sulfone groups is 1. The van der Waals surface area contributed by atoms with Gasteiger partial charge in [-0.2, -0.15) is 4.98 Å². The Bertz CT molecular complexity index is 469. The maximum Gasteiger partial charge on any atom is 0.297 e. The third-order valence-corrected chi connectivity index (χ3v) is 4.44. The predicted octanol–water partition coefficient (Wildman–Crippen LogP) is 0.0189. The number of hydrogen-bond acceptors (Lipinski definition) is 6. The lowest BCUT2D eigenvalue weighted by Crippen LogP contribution is -2.27. The number of nitrogens with zero attached hydrogens (tertiary/aromatic N) is 2. The Morgan fingerprint density at radius 2 is 2.29 bits per heavy atom. The number of oxazole rings is 1. The van der Waals surface area contributed by atoms with Gasteiger partial charge in [0, 0.05) is 19.6 Å². The van der Waals surface area contributed by atoms with Crippen LogP contribution in [0.15, 0.2) is 10.7 Å². The fourth-order valence-electron chi connectivity index (χ4n) is 1.83. The Morgan fingerprint density at radius 3 is 3.06 bits per heavy atom. The van der Waals surface area contributed by atoms with Crippen LogP contribution >= 0.6 is 0 Å². The van der Waals surface area contributed by atoms with Crippen LogP contribution in [0.3, 0.4) is 0 Å². The van der Waals surface area contributed by atoms with E-state index in [9.17, 15) is 8.42 Å². The lowest BCUT2D eigenvalue weighted by Gasteiger charge is -2.16. The Hall–Kier alpha value is -1.08. The third-order valence-electron chi connectivity index (χ3n) is 2.72. The molecule has 0 amide bonds. The minimum Gasteiger partial charge on any atom is -0.432 e. The Kier molecular flexibility index (Phi) is 3.68. The van der Waals surface area contributed by atoms with Crippen molar-refractivity contribution in [3.63, 3.8) is 0 Å². The number of aromatic nitrogens is 1. The molecule has 6 nitrogen and oxygen atoms in total. The van der Waals surface area contributed by atoms with E-state index in [1.54, 1.807) is 6.26 Å². The fourth-order valence-corrected chi connectivity index (χ4v) is 3.11. The Morgan fingerprint density at radius 1 is 1.47 bits per heavy atom. The molecule has 1 aliphatic heterocycles. The smallest absolute Gasteiger partial charge is 0.297 e. The quantitative estimate of drug-likeness (QED) is 0.824. The first-order chi connectivity index (χ1) is 8.11. The Balaban J connectivity index is 2.06. The second-order valence-electron chi connectivity index (χ2n) is 4.14. The van der Waals surface area contributed by atoms with Crippen LogP contribution in [0.5, 0.6) is 0 Å². The number of nitrogens with one attached hydrogen (secondary N) is 1. The van der Waals surface area contributed by atoms with E-state index in [0.29, 0.717) is 32.1 Å². The molecule has 1 N–H and O–H groups in total. The largest absolute Gasteiger partial charge is 0.432 e. The number of hydrogen-bond donors (Lipinski definition) is 1. The van der Waals surface area contributed by atoms with Gasteiger partial charge in [0.05, 0.1) is 17.2 Å². The van der Waals surface area contributed by atoms with Crippen molar-refractivity contribution in [1.82, 2.24) is 10.3 Å². The molecule has 0 saturated carbocycles. The van der Waals surface area contributed by atoms with Gasteiger partial charge in [0.1, 0.15) is 6.26 Å². The van der Waals surface area contributed by atoms with E-state index >= 15 is 0 Å². The summed E-state index contributed by atoms with van der Waals surface area (Å²) >= 11 is 0. The summed E-state index contributed by atoms with van der Waals surface area (Å²) < 4.78 is 28.3. The molecule has 0 radical (unpaired) electrons. The molecule has 0 atom stereocenters. The van der Waals surface area contributed by atoms with Crippen LogP contribution in [0, 0.1) is 0 Å². The molecule has 1 aromatic heterocycles. The van der Waals surface area contributed by atoms with Crippen molar-refractivity contribution in [3.05, 3.63) is 12.0 Å². The molecule has 1 aliphatic rings. The van der Waals surface area contributed by atoms with Gasteiger partial charge in [-0.1, -0.05) is 0 Å². The van der Waals surface area contributed by atoms with E-state index in [4.69, 9.17) is 4.42 Å². The van der Waals surface area contributed by atoms with Gasteiger partial charge >= 0.3 is 0 Å². The van der Waals surface area contributed by atoms with Crippen molar-refractivity contribution in [2.75, 3.05) is 36.5 Å². The van der Waals surface area contributed by atoms with E-state index in [0.717, 1.165) is 5.69 Å². The molecule has 1 fully saturated rings. The van der Waals surface area contributed by atoms with Crippen molar-refractivity contribution < 1.29 is 12.8 Å². The van der Waals surface area contributed by atoms with Gasteiger partial charge < -0.3 is 14.6 Å². The molecule has 7 heteroatoms. The second-order valence-corrected chi connectivity index (χ2v) is 6.45. The molecule has 0 spiro atoms. The summed E-state index contributed by atoms with van der Waals surface area (Å²) in [6.45, 7) is 1.79. The Labute approximate surface area is 101 Å². The van der Waals surface area contributed by atoms with E-state index < -0.39 is 9.84 Å². The summed E-state index contributed by atoms with van der Waals surface area (Å²) in [7, 11) is -1.05. The lowest BCUT2D eigenvalue weighted by molar-refractivity contribution is 0.535. The summed E-state index contributed by atoms with van der Waals surface area (Å²) in [5.41, 5.74) is 0.828. The topological polar surface area (TPSA) is 75.4 Å².